The molecule has 1 aliphatic carbocycles. The van der Waals surface area contributed by atoms with Crippen molar-refractivity contribution in [1.29, 1.82) is 0 Å². The summed E-state index contributed by atoms with van der Waals surface area (Å²) in [4.78, 5) is 7.30. The molecule has 1 saturated carbocycles. The van der Waals surface area contributed by atoms with E-state index in [4.69, 9.17) is 4.99 Å². The molecule has 136 valence electrons. The summed E-state index contributed by atoms with van der Waals surface area (Å²) in [6, 6.07) is 5.97. The number of aromatic nitrogens is 3. The molecule has 4 rings (SSSR count). The number of guanidine groups is 1. The van der Waals surface area contributed by atoms with Crippen LogP contribution in [0.5, 0.6) is 0 Å². The number of rotatable bonds is 4. The molecule has 3 heterocycles. The van der Waals surface area contributed by atoms with Crippen molar-refractivity contribution in [2.45, 2.75) is 39.0 Å². The average molecular weight is 454 g/mol. The van der Waals surface area contributed by atoms with Gasteiger partial charge in [-0.05, 0) is 43.7 Å². The van der Waals surface area contributed by atoms with Crippen LogP contribution in [0.3, 0.4) is 0 Å². The second-order valence-corrected chi connectivity index (χ2v) is 7.06. The predicted molar refractivity (Wildman–Crippen MR) is 111 cm³/mol. The van der Waals surface area contributed by atoms with E-state index in [-0.39, 0.29) is 24.0 Å². The molecular formula is C18H27IN6. The van der Waals surface area contributed by atoms with Crippen LogP contribution in [0, 0.1) is 5.41 Å². The van der Waals surface area contributed by atoms with Crippen molar-refractivity contribution in [1.82, 2.24) is 24.8 Å². The van der Waals surface area contributed by atoms with E-state index in [1.807, 2.05) is 28.8 Å². The number of likely N-dealkylation sites (tertiary alicyclic amines) is 1. The first kappa shape index (κ1) is 18.4. The molecule has 0 atom stereocenters. The molecule has 0 bridgehead atoms. The quantitative estimate of drug-likeness (QED) is 0.439. The maximum atomic E-state index is 4.85. The zero-order valence-corrected chi connectivity index (χ0v) is 17.1. The molecular weight excluding hydrogens is 427 g/mol. The van der Waals surface area contributed by atoms with Crippen LogP contribution < -0.4 is 5.32 Å². The molecule has 0 aromatic carbocycles. The van der Waals surface area contributed by atoms with Crippen LogP contribution in [0.2, 0.25) is 0 Å². The van der Waals surface area contributed by atoms with Crippen LogP contribution in [-0.2, 0) is 6.42 Å². The van der Waals surface area contributed by atoms with Crippen LogP contribution >= 0.6 is 24.0 Å². The van der Waals surface area contributed by atoms with E-state index < -0.39 is 0 Å². The van der Waals surface area contributed by atoms with Crippen molar-refractivity contribution >= 4 is 35.6 Å². The number of fused-ring (bicyclic) bond motifs is 1. The van der Waals surface area contributed by atoms with E-state index >= 15 is 0 Å². The molecule has 2 aliphatic rings. The molecule has 25 heavy (non-hydrogen) atoms. The lowest BCUT2D eigenvalue weighted by atomic mass is 9.68. The van der Waals surface area contributed by atoms with Gasteiger partial charge in [0.2, 0.25) is 0 Å². The summed E-state index contributed by atoms with van der Waals surface area (Å²) in [5, 5.41) is 12.0. The Morgan fingerprint density at radius 1 is 1.28 bits per heavy atom. The van der Waals surface area contributed by atoms with Gasteiger partial charge in [-0.3, -0.25) is 9.39 Å². The third kappa shape index (κ3) is 3.75. The van der Waals surface area contributed by atoms with Gasteiger partial charge in [-0.15, -0.1) is 34.2 Å². The van der Waals surface area contributed by atoms with Gasteiger partial charge >= 0.3 is 0 Å². The number of pyridine rings is 1. The van der Waals surface area contributed by atoms with Crippen molar-refractivity contribution in [3.8, 4) is 0 Å². The topological polar surface area (TPSA) is 57.8 Å². The summed E-state index contributed by atoms with van der Waals surface area (Å²) in [5.41, 5.74) is 1.49. The summed E-state index contributed by atoms with van der Waals surface area (Å²) in [6.07, 6.45) is 8.34. The van der Waals surface area contributed by atoms with E-state index in [0.717, 1.165) is 43.5 Å². The van der Waals surface area contributed by atoms with E-state index in [1.54, 1.807) is 0 Å². The van der Waals surface area contributed by atoms with Crippen LogP contribution in [-0.4, -0.2) is 51.6 Å². The zero-order chi connectivity index (χ0) is 16.4. The summed E-state index contributed by atoms with van der Waals surface area (Å²) < 4.78 is 2.04. The molecule has 1 saturated heterocycles. The van der Waals surface area contributed by atoms with Gasteiger partial charge in [0.1, 0.15) is 5.82 Å². The molecule has 2 aromatic rings. The number of halogens is 1. The Morgan fingerprint density at radius 2 is 2.16 bits per heavy atom. The van der Waals surface area contributed by atoms with Crippen molar-refractivity contribution in [3.63, 3.8) is 0 Å². The lowest BCUT2D eigenvalue weighted by molar-refractivity contribution is 0.151. The molecule has 0 amide bonds. The van der Waals surface area contributed by atoms with Gasteiger partial charge in [-0.25, -0.2) is 0 Å². The van der Waals surface area contributed by atoms with Gasteiger partial charge in [0.25, 0.3) is 0 Å². The van der Waals surface area contributed by atoms with Crippen LogP contribution in [0.25, 0.3) is 5.65 Å². The Hall–Kier alpha value is -1.38. The Kier molecular flexibility index (Phi) is 5.81. The fourth-order valence-corrected chi connectivity index (χ4v) is 3.95. The largest absolute Gasteiger partial charge is 0.357 e. The van der Waals surface area contributed by atoms with Gasteiger partial charge in [-0.2, -0.15) is 0 Å². The first-order valence-electron chi connectivity index (χ1n) is 9.12. The van der Waals surface area contributed by atoms with Crippen molar-refractivity contribution < 1.29 is 0 Å². The first-order chi connectivity index (χ1) is 11.8. The van der Waals surface area contributed by atoms with Crippen LogP contribution in [0.1, 0.15) is 38.4 Å². The van der Waals surface area contributed by atoms with E-state index in [1.165, 1.54) is 32.2 Å². The van der Waals surface area contributed by atoms with Gasteiger partial charge in [0.05, 0.1) is 0 Å². The third-order valence-electron chi connectivity index (χ3n) is 5.47. The van der Waals surface area contributed by atoms with Crippen molar-refractivity contribution in [3.05, 3.63) is 30.2 Å². The molecule has 0 unspecified atom stereocenters. The van der Waals surface area contributed by atoms with Crippen LogP contribution in [0.4, 0.5) is 0 Å². The Morgan fingerprint density at radius 3 is 2.88 bits per heavy atom. The summed E-state index contributed by atoms with van der Waals surface area (Å²) in [6.45, 7) is 6.10. The van der Waals surface area contributed by atoms with E-state index in [2.05, 4.69) is 27.3 Å². The Balaban J connectivity index is 0.00000182. The molecule has 1 spiro atoms. The summed E-state index contributed by atoms with van der Waals surface area (Å²) >= 11 is 0. The number of hydrogen-bond donors (Lipinski definition) is 1. The number of nitrogens with one attached hydrogen (secondary N) is 1. The molecule has 2 aromatic heterocycles. The maximum absolute atomic E-state index is 4.85. The average Bonchev–Trinajstić information content (AvgIpc) is 3.19. The molecule has 1 aliphatic heterocycles. The van der Waals surface area contributed by atoms with Crippen molar-refractivity contribution in [2.75, 3.05) is 26.2 Å². The van der Waals surface area contributed by atoms with E-state index in [9.17, 15) is 0 Å². The smallest absolute Gasteiger partial charge is 0.193 e. The van der Waals surface area contributed by atoms with Gasteiger partial charge in [0, 0.05) is 38.8 Å². The minimum absolute atomic E-state index is 0. The predicted octanol–water partition coefficient (Wildman–Crippen LogP) is 2.73. The Labute approximate surface area is 166 Å². The zero-order valence-electron chi connectivity index (χ0n) is 14.8. The van der Waals surface area contributed by atoms with Gasteiger partial charge in [0.15, 0.2) is 11.6 Å². The lowest BCUT2D eigenvalue weighted by Crippen LogP contribution is -2.42. The molecule has 1 N–H and O–H groups in total. The molecule has 2 fully saturated rings. The first-order valence-corrected chi connectivity index (χ1v) is 9.12. The van der Waals surface area contributed by atoms with Gasteiger partial charge < -0.3 is 10.2 Å². The normalized spacial score (nSPS) is 19.1. The fourth-order valence-electron chi connectivity index (χ4n) is 3.95. The number of aliphatic imine (C=N–C) groups is 1. The van der Waals surface area contributed by atoms with Gasteiger partial charge in [-0.1, -0.05) is 12.5 Å². The minimum atomic E-state index is 0. The van der Waals surface area contributed by atoms with Crippen molar-refractivity contribution in [2.24, 2.45) is 10.4 Å². The summed E-state index contributed by atoms with van der Waals surface area (Å²) in [5.74, 6) is 2.04. The summed E-state index contributed by atoms with van der Waals surface area (Å²) in [7, 11) is 0. The third-order valence-corrected chi connectivity index (χ3v) is 5.47. The van der Waals surface area contributed by atoms with Crippen LogP contribution in [0.15, 0.2) is 29.4 Å². The fraction of sp³-hybridized carbons (Fsp3) is 0.611. The van der Waals surface area contributed by atoms with E-state index in [0.29, 0.717) is 5.41 Å². The second-order valence-electron chi connectivity index (χ2n) is 7.06. The highest BCUT2D eigenvalue weighted by Crippen LogP contribution is 2.47. The second kappa shape index (κ2) is 7.88. The molecule has 6 nitrogen and oxygen atoms in total. The highest BCUT2D eigenvalue weighted by atomic mass is 127. The molecule has 7 heteroatoms. The number of nitrogens with zero attached hydrogens (tertiary/aromatic N) is 5. The standard InChI is InChI=1S/C18H26N6.HI/c1-2-19-17(23-13-10-18(14-23)8-5-9-18)20-11-7-16-22-21-15-6-3-4-12-24(15)16;/h3-4,6,12H,2,5,7-11,13-14H2,1H3,(H,19,20);1H. The highest BCUT2D eigenvalue weighted by Gasteiger charge is 2.43. The number of hydrogen-bond acceptors (Lipinski definition) is 3. The SMILES string of the molecule is CCNC(=NCCc1nnc2ccccn12)N1CCC2(CCC2)C1.I. The minimum Gasteiger partial charge on any atom is -0.357 e. The highest BCUT2D eigenvalue weighted by molar-refractivity contribution is 14.0. The maximum Gasteiger partial charge on any atom is 0.193 e. The Bertz CT molecular complexity index is 736. The monoisotopic (exact) mass is 454 g/mol. The molecule has 0 radical (unpaired) electrons. The lowest BCUT2D eigenvalue weighted by Gasteiger charge is -2.38.